The molecule has 0 heteroatoms. The van der Waals surface area contributed by atoms with Gasteiger partial charge in [0.15, 0.2) is 0 Å². The van der Waals surface area contributed by atoms with Gasteiger partial charge in [0.1, 0.15) is 0 Å². The van der Waals surface area contributed by atoms with E-state index in [2.05, 4.69) is 39.5 Å². The van der Waals surface area contributed by atoms with E-state index in [1.807, 2.05) is 47.6 Å². The summed E-state index contributed by atoms with van der Waals surface area (Å²) in [6.45, 7) is 22.2. The highest BCUT2D eigenvalue weighted by atomic mass is 14.0. The normalized spacial score (nSPS) is 9.83. The van der Waals surface area contributed by atoms with Crippen molar-refractivity contribution in [1.82, 2.24) is 0 Å². The van der Waals surface area contributed by atoms with Crippen LogP contribution < -0.4 is 0 Å². The van der Waals surface area contributed by atoms with Gasteiger partial charge in [-0.2, -0.15) is 0 Å². The summed E-state index contributed by atoms with van der Waals surface area (Å²) in [6, 6.07) is 0. The predicted octanol–water partition coefficient (Wildman–Crippen LogP) is 7.33. The molecule has 0 fully saturated rings. The molecule has 0 saturated heterocycles. The Balaban J connectivity index is -0.000000141. The van der Waals surface area contributed by atoms with Crippen LogP contribution >= 0.6 is 0 Å². The highest BCUT2D eigenvalue weighted by Gasteiger charge is 1.94. The highest BCUT2D eigenvalue weighted by molar-refractivity contribution is 5.30. The van der Waals surface area contributed by atoms with Gasteiger partial charge in [-0.1, -0.05) is 79.7 Å². The van der Waals surface area contributed by atoms with Crippen LogP contribution in [-0.2, 0) is 0 Å². The van der Waals surface area contributed by atoms with Crippen LogP contribution in [-0.4, -0.2) is 0 Å². The fraction of sp³-hybridized carbons (Fsp3) is 0.667. The van der Waals surface area contributed by atoms with Crippen LogP contribution in [0.25, 0.3) is 0 Å². The van der Waals surface area contributed by atoms with E-state index in [9.17, 15) is 0 Å². The first-order chi connectivity index (χ1) is 8.76. The Morgan fingerprint density at radius 2 is 1.44 bits per heavy atom. The van der Waals surface area contributed by atoms with E-state index in [1.54, 1.807) is 0 Å². The van der Waals surface area contributed by atoms with E-state index in [4.69, 9.17) is 0 Å². The Kier molecular flexibility index (Phi) is 43.0. The van der Waals surface area contributed by atoms with Crippen molar-refractivity contribution in [3.8, 4) is 0 Å². The zero-order chi connectivity index (χ0) is 15.4. The van der Waals surface area contributed by atoms with Gasteiger partial charge in [0.2, 0.25) is 0 Å². The topological polar surface area (TPSA) is 0 Å². The number of allylic oxidation sites excluding steroid dienone is 5. The monoisotopic (exact) mass is 254 g/mol. The maximum atomic E-state index is 3.78. The van der Waals surface area contributed by atoms with E-state index in [-0.39, 0.29) is 0 Å². The van der Waals surface area contributed by atoms with Crippen LogP contribution in [0.4, 0.5) is 0 Å². The van der Waals surface area contributed by atoms with Gasteiger partial charge in [-0.3, -0.25) is 0 Å². The minimum absolute atomic E-state index is 1.18. The van der Waals surface area contributed by atoms with Crippen molar-refractivity contribution in [1.29, 1.82) is 0 Å². The van der Waals surface area contributed by atoms with Crippen molar-refractivity contribution >= 4 is 0 Å². The van der Waals surface area contributed by atoms with Crippen LogP contribution in [0.2, 0.25) is 0 Å². The van der Waals surface area contributed by atoms with Gasteiger partial charge in [0.25, 0.3) is 0 Å². The maximum Gasteiger partial charge on any atom is -0.0276 e. The molecule has 0 aromatic heterocycles. The third-order valence-electron chi connectivity index (χ3n) is 1.98. The Morgan fingerprint density at radius 1 is 1.00 bits per heavy atom. The summed E-state index contributed by atoms with van der Waals surface area (Å²) >= 11 is 0. The average molecular weight is 255 g/mol. The molecule has 0 aliphatic rings. The van der Waals surface area contributed by atoms with E-state index < -0.39 is 0 Å². The molecule has 0 saturated carbocycles. The minimum Gasteiger partial charge on any atom is -0.0988 e. The van der Waals surface area contributed by atoms with Gasteiger partial charge in [-0.15, -0.1) is 0 Å². The first-order valence-corrected chi connectivity index (χ1v) is 7.71. The van der Waals surface area contributed by atoms with Gasteiger partial charge in [-0.25, -0.2) is 0 Å². The summed E-state index contributed by atoms with van der Waals surface area (Å²) in [7, 11) is 0. The first-order valence-electron chi connectivity index (χ1n) is 7.71. The van der Waals surface area contributed by atoms with E-state index >= 15 is 0 Å². The Morgan fingerprint density at radius 3 is 1.72 bits per heavy atom. The zero-order valence-corrected chi connectivity index (χ0v) is 14.6. The molecule has 0 radical (unpaired) electrons. The smallest absolute Gasteiger partial charge is 0.0276 e. The minimum atomic E-state index is 1.18. The van der Waals surface area contributed by atoms with Crippen LogP contribution in [0.5, 0.6) is 0 Å². The van der Waals surface area contributed by atoms with Crippen molar-refractivity contribution in [3.63, 3.8) is 0 Å². The van der Waals surface area contributed by atoms with Crippen LogP contribution in [0.1, 0.15) is 81.6 Å². The molecule has 110 valence electrons. The van der Waals surface area contributed by atoms with Gasteiger partial charge in [0.05, 0.1) is 0 Å². The van der Waals surface area contributed by atoms with Crippen molar-refractivity contribution in [2.75, 3.05) is 0 Å². The highest BCUT2D eigenvalue weighted by Crippen LogP contribution is 2.14. The molecule has 0 rings (SSSR count). The molecule has 0 bridgehead atoms. The molecule has 0 atom stereocenters. The largest absolute Gasteiger partial charge is 0.0988 e. The molecule has 0 unspecified atom stereocenters. The molecule has 0 spiro atoms. The molecule has 0 aliphatic heterocycles. The second kappa shape index (κ2) is 29.8. The number of hydrogen-bond acceptors (Lipinski definition) is 0. The number of hydrogen-bond donors (Lipinski definition) is 0. The molecule has 0 N–H and O–H groups in total. The Hall–Kier alpha value is -0.780. The maximum absolute atomic E-state index is 3.78. The molecule has 0 aromatic carbocycles. The van der Waals surface area contributed by atoms with Gasteiger partial charge >= 0.3 is 0 Å². The molecule has 0 aromatic rings. The summed E-state index contributed by atoms with van der Waals surface area (Å²) in [5, 5.41) is 0. The Labute approximate surface area is 118 Å². The first kappa shape index (κ1) is 25.9. The van der Waals surface area contributed by atoms with Crippen molar-refractivity contribution < 1.29 is 0 Å². The Bertz CT molecular complexity index is 182. The fourth-order valence-corrected chi connectivity index (χ4v) is 1.11. The number of unbranched alkanes of at least 4 members (excludes halogenated alkanes) is 1. The van der Waals surface area contributed by atoms with Gasteiger partial charge in [0, 0.05) is 0 Å². The molecule has 0 nitrogen and oxygen atoms in total. The average Bonchev–Trinajstić information content (AvgIpc) is 2.49. The van der Waals surface area contributed by atoms with Crippen molar-refractivity contribution in [3.05, 3.63) is 36.0 Å². The van der Waals surface area contributed by atoms with Crippen molar-refractivity contribution in [2.45, 2.75) is 81.6 Å². The molecule has 0 aliphatic carbocycles. The second-order valence-electron chi connectivity index (χ2n) is 3.02. The summed E-state index contributed by atoms with van der Waals surface area (Å²) in [4.78, 5) is 0. The summed E-state index contributed by atoms with van der Waals surface area (Å²) in [5.41, 5.74) is 2.73. The van der Waals surface area contributed by atoms with Crippen LogP contribution in [0.15, 0.2) is 36.0 Å². The molecular weight excluding hydrogens is 216 g/mol. The lowest BCUT2D eigenvalue weighted by Gasteiger charge is -2.03. The lowest BCUT2D eigenvalue weighted by Crippen LogP contribution is -1.83. The summed E-state index contributed by atoms with van der Waals surface area (Å²) in [5.74, 6) is 0. The standard InChI is InChI=1S/C12H20.3C2H6/c1-5-8-10-12(9-6-2)11(4)7-3;3*1-2/h6-7,9H,3,5,8,10H2,1-2,4H3;3*1-2H3/b9-6-,12-11+;;;. The number of rotatable bonds is 5. The second-order valence-corrected chi connectivity index (χ2v) is 3.02. The van der Waals surface area contributed by atoms with Crippen molar-refractivity contribution in [2.24, 2.45) is 0 Å². The summed E-state index contributed by atoms with van der Waals surface area (Å²) in [6.07, 6.45) is 9.92. The summed E-state index contributed by atoms with van der Waals surface area (Å²) < 4.78 is 0. The molecule has 0 amide bonds. The molecule has 0 heterocycles. The predicted molar refractivity (Wildman–Crippen MR) is 91.3 cm³/mol. The lowest BCUT2D eigenvalue weighted by atomic mass is 10.0. The fourth-order valence-electron chi connectivity index (χ4n) is 1.11. The quantitative estimate of drug-likeness (QED) is 0.450. The zero-order valence-electron chi connectivity index (χ0n) is 14.6. The molecule has 18 heavy (non-hydrogen) atoms. The lowest BCUT2D eigenvalue weighted by molar-refractivity contribution is 0.794. The third-order valence-corrected chi connectivity index (χ3v) is 1.98. The van der Waals surface area contributed by atoms with Gasteiger partial charge in [-0.05, 0) is 37.8 Å². The van der Waals surface area contributed by atoms with Crippen LogP contribution in [0, 0.1) is 0 Å². The van der Waals surface area contributed by atoms with E-state index in [1.165, 1.54) is 30.4 Å². The SMILES string of the molecule is C=C/C(C)=C(\C=C/C)CCCC.CC.CC.CC. The van der Waals surface area contributed by atoms with E-state index in [0.717, 1.165) is 0 Å². The van der Waals surface area contributed by atoms with Crippen LogP contribution in [0.3, 0.4) is 0 Å². The molecular formula is C18H38. The van der Waals surface area contributed by atoms with E-state index in [0.29, 0.717) is 0 Å². The van der Waals surface area contributed by atoms with Gasteiger partial charge < -0.3 is 0 Å². The third kappa shape index (κ3) is 20.6.